The molecule has 1 aliphatic heterocycles. The molecule has 0 saturated heterocycles. The molecule has 2 aliphatic rings. The van der Waals surface area contributed by atoms with E-state index in [-0.39, 0.29) is 11.8 Å². The molecular weight excluding hydrogens is 418 g/mol. The van der Waals surface area contributed by atoms with Crippen molar-refractivity contribution in [2.45, 2.75) is 58.9 Å². The number of hydrogen-bond acceptors (Lipinski definition) is 6. The average molecular weight is 454 g/mol. The van der Waals surface area contributed by atoms with E-state index in [1.165, 1.54) is 5.57 Å². The van der Waals surface area contributed by atoms with Crippen molar-refractivity contribution in [2.75, 3.05) is 13.6 Å². The monoisotopic (exact) mass is 453 g/mol. The van der Waals surface area contributed by atoms with Gasteiger partial charge >= 0.3 is 5.97 Å². The molecule has 0 fully saturated rings. The third-order valence-corrected chi connectivity index (χ3v) is 6.01. The summed E-state index contributed by atoms with van der Waals surface area (Å²) in [6, 6.07) is 7.31. The van der Waals surface area contributed by atoms with E-state index in [4.69, 9.17) is 0 Å². The second-order valence-corrected chi connectivity index (χ2v) is 8.95. The average Bonchev–Trinajstić information content (AvgIpc) is 3.23. The van der Waals surface area contributed by atoms with Crippen LogP contribution in [0.3, 0.4) is 0 Å². The Morgan fingerprint density at radius 3 is 2.45 bits per heavy atom. The van der Waals surface area contributed by atoms with Crippen molar-refractivity contribution in [2.24, 2.45) is 11.0 Å². The molecule has 8 nitrogen and oxygen atoms in total. The van der Waals surface area contributed by atoms with Crippen LogP contribution < -0.4 is 11.0 Å². The number of nitrogens with one attached hydrogen (secondary N) is 2. The maximum atomic E-state index is 12.9. The standard InChI is InChI=1S/C25H35N5O3/c1-5-6-11-22(31)30(23(17(2)3)25(32)33)16-18-12-14-19(15-13-18)20-9-7-8-10-21(20)24-26-28-29(4)27-24/h7-10,12,14,17,23,28H,5-6,11,13,15-16H2,1-4H3,(H,26,27)(H,32,33). The highest BCUT2D eigenvalue weighted by Crippen LogP contribution is 2.30. The normalized spacial score (nSPS) is 16.9. The van der Waals surface area contributed by atoms with Gasteiger partial charge in [0, 0.05) is 25.6 Å². The number of hydrogen-bond donors (Lipinski definition) is 3. The number of aliphatic carboxylic acids is 1. The first-order chi connectivity index (χ1) is 15.8. The number of amidine groups is 1. The highest BCUT2D eigenvalue weighted by atomic mass is 16.4. The summed E-state index contributed by atoms with van der Waals surface area (Å²) < 4.78 is 0. The summed E-state index contributed by atoms with van der Waals surface area (Å²) in [5.41, 5.74) is 10.4. The van der Waals surface area contributed by atoms with Crippen LogP contribution in [0.2, 0.25) is 0 Å². The Bertz CT molecular complexity index is 967. The number of amides is 1. The topological polar surface area (TPSA) is 97.3 Å². The second-order valence-electron chi connectivity index (χ2n) is 8.95. The number of carboxylic acids is 1. The number of hydrazine groups is 2. The lowest BCUT2D eigenvalue weighted by Crippen LogP contribution is -2.49. The van der Waals surface area contributed by atoms with Gasteiger partial charge in [-0.2, -0.15) is 0 Å². The van der Waals surface area contributed by atoms with E-state index in [2.05, 4.69) is 28.2 Å². The maximum absolute atomic E-state index is 12.9. The lowest BCUT2D eigenvalue weighted by Gasteiger charge is -2.33. The summed E-state index contributed by atoms with van der Waals surface area (Å²) in [5.74, 6) is -0.430. The van der Waals surface area contributed by atoms with Gasteiger partial charge in [0.05, 0.1) is 0 Å². The summed E-state index contributed by atoms with van der Waals surface area (Å²) in [4.78, 5) is 26.5. The number of nitrogens with zero attached hydrogens (tertiary/aromatic N) is 3. The summed E-state index contributed by atoms with van der Waals surface area (Å²) in [6.45, 7) is 6.10. The molecule has 1 heterocycles. The molecule has 1 atom stereocenters. The minimum absolute atomic E-state index is 0.0825. The van der Waals surface area contributed by atoms with Gasteiger partial charge in [0.2, 0.25) is 5.91 Å². The van der Waals surface area contributed by atoms with Gasteiger partial charge in [0.1, 0.15) is 6.04 Å². The molecule has 0 saturated carbocycles. The van der Waals surface area contributed by atoms with Crippen LogP contribution >= 0.6 is 0 Å². The van der Waals surface area contributed by atoms with Crippen LogP contribution in [0.4, 0.5) is 0 Å². The van der Waals surface area contributed by atoms with Crippen molar-refractivity contribution in [1.29, 1.82) is 0 Å². The quantitative estimate of drug-likeness (QED) is 0.501. The molecule has 178 valence electrons. The van der Waals surface area contributed by atoms with E-state index in [0.29, 0.717) is 13.0 Å². The lowest BCUT2D eigenvalue weighted by atomic mass is 9.89. The third-order valence-electron chi connectivity index (χ3n) is 6.01. The van der Waals surface area contributed by atoms with E-state index in [1.54, 1.807) is 10.0 Å². The van der Waals surface area contributed by atoms with Crippen LogP contribution in [0.5, 0.6) is 0 Å². The minimum atomic E-state index is -0.945. The number of benzene rings is 1. The first-order valence-corrected chi connectivity index (χ1v) is 11.7. The van der Waals surface area contributed by atoms with Crippen molar-refractivity contribution in [3.8, 4) is 0 Å². The second kappa shape index (κ2) is 11.1. The number of unbranched alkanes of at least 4 members (excludes halogenated alkanes) is 1. The number of carboxylic acid groups (broad SMARTS) is 1. The molecule has 1 unspecified atom stereocenters. The minimum Gasteiger partial charge on any atom is -0.480 e. The Kier molecular flexibility index (Phi) is 8.27. The predicted molar refractivity (Wildman–Crippen MR) is 130 cm³/mol. The fourth-order valence-corrected chi connectivity index (χ4v) is 4.27. The van der Waals surface area contributed by atoms with E-state index < -0.39 is 12.0 Å². The molecule has 33 heavy (non-hydrogen) atoms. The number of carbonyl (C=O) groups is 2. The Morgan fingerprint density at radius 2 is 1.91 bits per heavy atom. The van der Waals surface area contributed by atoms with E-state index in [9.17, 15) is 14.7 Å². The van der Waals surface area contributed by atoms with Gasteiger partial charge in [-0.3, -0.25) is 10.2 Å². The zero-order chi connectivity index (χ0) is 24.0. The van der Waals surface area contributed by atoms with Crippen LogP contribution in [0.25, 0.3) is 5.57 Å². The summed E-state index contributed by atoms with van der Waals surface area (Å²) in [7, 11) is 1.85. The Balaban J connectivity index is 1.83. The number of rotatable bonds is 10. The van der Waals surface area contributed by atoms with Gasteiger partial charge in [0.25, 0.3) is 0 Å². The predicted octanol–water partition coefficient (Wildman–Crippen LogP) is 3.53. The largest absolute Gasteiger partial charge is 0.480 e. The van der Waals surface area contributed by atoms with E-state index >= 15 is 0 Å². The SMILES string of the molecule is CCCCC(=O)N(CC1=CC=C(c2ccccc2C2=NNN(C)N2)CC1)C(C(=O)O)C(C)C. The fourth-order valence-electron chi connectivity index (χ4n) is 4.27. The van der Waals surface area contributed by atoms with E-state index in [1.807, 2.05) is 52.1 Å². The van der Waals surface area contributed by atoms with Crippen LogP contribution in [-0.2, 0) is 9.59 Å². The first kappa shape index (κ1) is 24.5. The molecule has 0 bridgehead atoms. The Hall–Kier alpha value is -3.13. The molecule has 8 heteroatoms. The molecule has 1 aromatic carbocycles. The Morgan fingerprint density at radius 1 is 1.18 bits per heavy atom. The molecule has 0 radical (unpaired) electrons. The lowest BCUT2D eigenvalue weighted by molar-refractivity contribution is -0.152. The molecule has 0 aromatic heterocycles. The number of allylic oxidation sites excluding steroid dienone is 3. The number of carbonyl (C=O) groups excluding carboxylic acids is 1. The summed E-state index contributed by atoms with van der Waals surface area (Å²) >= 11 is 0. The van der Waals surface area contributed by atoms with Crippen molar-refractivity contribution in [3.63, 3.8) is 0 Å². The maximum Gasteiger partial charge on any atom is 0.326 e. The van der Waals surface area contributed by atoms with Crippen molar-refractivity contribution in [1.82, 2.24) is 21.0 Å². The molecule has 1 amide bonds. The smallest absolute Gasteiger partial charge is 0.326 e. The van der Waals surface area contributed by atoms with Gasteiger partial charge in [0.15, 0.2) is 5.84 Å². The molecule has 1 aliphatic carbocycles. The molecule has 3 N–H and O–H groups in total. The van der Waals surface area contributed by atoms with E-state index in [0.717, 1.165) is 48.2 Å². The van der Waals surface area contributed by atoms with Gasteiger partial charge in [-0.05, 0) is 36.3 Å². The third kappa shape index (κ3) is 6.01. The summed E-state index contributed by atoms with van der Waals surface area (Å²) in [5, 5.41) is 15.8. The zero-order valence-electron chi connectivity index (χ0n) is 20.0. The summed E-state index contributed by atoms with van der Waals surface area (Å²) in [6.07, 6.45) is 7.77. The van der Waals surface area contributed by atoms with Crippen LogP contribution in [0, 0.1) is 5.92 Å². The molecule has 3 rings (SSSR count). The molecule has 1 aromatic rings. The van der Waals surface area contributed by atoms with Gasteiger partial charge in [-0.1, -0.05) is 69.2 Å². The van der Waals surface area contributed by atoms with Gasteiger partial charge < -0.3 is 10.0 Å². The van der Waals surface area contributed by atoms with Crippen LogP contribution in [0.15, 0.2) is 47.1 Å². The van der Waals surface area contributed by atoms with Crippen molar-refractivity contribution >= 4 is 23.3 Å². The van der Waals surface area contributed by atoms with Gasteiger partial charge in [-0.15, -0.1) is 10.2 Å². The Labute approximate surface area is 196 Å². The molecular formula is C25H35N5O3. The molecule has 0 spiro atoms. The highest BCUT2D eigenvalue weighted by Gasteiger charge is 2.32. The van der Waals surface area contributed by atoms with Crippen LogP contribution in [0.1, 0.15) is 64.0 Å². The first-order valence-electron chi connectivity index (χ1n) is 11.7. The van der Waals surface area contributed by atoms with Crippen molar-refractivity contribution in [3.05, 3.63) is 53.1 Å². The number of hydrazone groups is 1. The fraction of sp³-hybridized carbons (Fsp3) is 0.480. The van der Waals surface area contributed by atoms with Crippen LogP contribution in [-0.4, -0.2) is 52.5 Å². The van der Waals surface area contributed by atoms with Gasteiger partial charge in [-0.25, -0.2) is 10.3 Å². The van der Waals surface area contributed by atoms with Crippen molar-refractivity contribution < 1.29 is 14.7 Å². The highest BCUT2D eigenvalue weighted by molar-refractivity contribution is 6.03. The zero-order valence-corrected chi connectivity index (χ0v) is 20.0.